The fourth-order valence-electron chi connectivity index (χ4n) is 2.70. The molecule has 2 N–H and O–H groups in total. The molecule has 3 aromatic rings. The molecule has 0 atom stereocenters. The van der Waals surface area contributed by atoms with E-state index in [1.165, 1.54) is 29.3 Å². The van der Waals surface area contributed by atoms with Crippen molar-refractivity contribution in [2.24, 2.45) is 14.1 Å². The van der Waals surface area contributed by atoms with Crippen LogP contribution in [0.3, 0.4) is 0 Å². The second-order valence-corrected chi connectivity index (χ2v) is 5.64. The minimum Gasteiger partial charge on any atom is -0.395 e. The summed E-state index contributed by atoms with van der Waals surface area (Å²) < 4.78 is 17.8. The maximum absolute atomic E-state index is 14.1. The first-order valence-corrected chi connectivity index (χ1v) is 7.70. The van der Waals surface area contributed by atoms with Crippen LogP contribution < -0.4 is 16.6 Å². The SMILES string of the molecule is Cn1c(=O)c2c(nc(NCCO)n2Cc2ccccc2F)n(C)c1=O. The van der Waals surface area contributed by atoms with Crippen LogP contribution in [0.1, 0.15) is 5.56 Å². The molecule has 0 aliphatic carbocycles. The van der Waals surface area contributed by atoms with Gasteiger partial charge in [-0.15, -0.1) is 0 Å². The number of fused-ring (bicyclic) bond motifs is 1. The van der Waals surface area contributed by atoms with Gasteiger partial charge in [-0.3, -0.25) is 18.5 Å². The molecule has 0 spiro atoms. The zero-order valence-electron chi connectivity index (χ0n) is 13.9. The average Bonchev–Trinajstić information content (AvgIpc) is 2.96. The van der Waals surface area contributed by atoms with Crippen LogP contribution in [0.15, 0.2) is 33.9 Å². The Balaban J connectivity index is 2.29. The second-order valence-electron chi connectivity index (χ2n) is 5.64. The highest BCUT2D eigenvalue weighted by molar-refractivity contribution is 5.74. The Hall–Kier alpha value is -2.94. The van der Waals surface area contributed by atoms with Crippen molar-refractivity contribution >= 4 is 17.1 Å². The molecule has 2 heterocycles. The van der Waals surface area contributed by atoms with Gasteiger partial charge in [-0.1, -0.05) is 18.2 Å². The summed E-state index contributed by atoms with van der Waals surface area (Å²) in [7, 11) is 2.89. The number of imidazole rings is 1. The quantitative estimate of drug-likeness (QED) is 0.679. The number of benzene rings is 1. The maximum atomic E-state index is 14.1. The molecule has 1 aromatic carbocycles. The number of aryl methyl sites for hydroxylation is 1. The summed E-state index contributed by atoms with van der Waals surface area (Å²) in [5.41, 5.74) is -0.247. The summed E-state index contributed by atoms with van der Waals surface area (Å²) in [6.45, 7) is 0.124. The third kappa shape index (κ3) is 2.82. The Bertz CT molecular complexity index is 1050. The van der Waals surface area contributed by atoms with Gasteiger partial charge < -0.3 is 10.4 Å². The first-order valence-electron chi connectivity index (χ1n) is 7.70. The van der Waals surface area contributed by atoms with Crippen LogP contribution in [-0.4, -0.2) is 36.9 Å². The van der Waals surface area contributed by atoms with E-state index in [-0.39, 0.29) is 36.8 Å². The molecule has 0 aliphatic heterocycles. The summed E-state index contributed by atoms with van der Waals surface area (Å²) in [5, 5.41) is 11.9. The van der Waals surface area contributed by atoms with Gasteiger partial charge in [-0.25, -0.2) is 9.18 Å². The number of hydrogen-bond donors (Lipinski definition) is 2. The van der Waals surface area contributed by atoms with E-state index < -0.39 is 17.1 Å². The van der Waals surface area contributed by atoms with Crippen molar-refractivity contribution in [3.63, 3.8) is 0 Å². The molecule has 0 bridgehead atoms. The summed E-state index contributed by atoms with van der Waals surface area (Å²) in [4.78, 5) is 29.0. The Morgan fingerprint density at radius 1 is 1.20 bits per heavy atom. The van der Waals surface area contributed by atoms with E-state index >= 15 is 0 Å². The van der Waals surface area contributed by atoms with Gasteiger partial charge in [0.2, 0.25) is 5.95 Å². The molecule has 0 fully saturated rings. The largest absolute Gasteiger partial charge is 0.395 e. The number of nitrogens with one attached hydrogen (secondary N) is 1. The van der Waals surface area contributed by atoms with Crippen LogP contribution in [0.25, 0.3) is 11.2 Å². The van der Waals surface area contributed by atoms with Crippen LogP contribution >= 0.6 is 0 Å². The predicted molar refractivity (Wildman–Crippen MR) is 91.3 cm³/mol. The number of halogens is 1. The minimum absolute atomic E-state index is 0.0599. The molecule has 3 rings (SSSR count). The summed E-state index contributed by atoms with van der Waals surface area (Å²) in [5.74, 6) is -0.121. The number of anilines is 1. The van der Waals surface area contributed by atoms with Crippen LogP contribution in [0.4, 0.5) is 10.3 Å². The fourth-order valence-corrected chi connectivity index (χ4v) is 2.70. The van der Waals surface area contributed by atoms with Gasteiger partial charge in [0, 0.05) is 26.2 Å². The van der Waals surface area contributed by atoms with Crippen molar-refractivity contribution < 1.29 is 9.50 Å². The Labute approximate surface area is 141 Å². The highest BCUT2D eigenvalue weighted by Crippen LogP contribution is 2.19. The van der Waals surface area contributed by atoms with E-state index in [2.05, 4.69) is 10.3 Å². The van der Waals surface area contributed by atoms with Crippen LogP contribution in [-0.2, 0) is 20.6 Å². The van der Waals surface area contributed by atoms with Gasteiger partial charge in [0.1, 0.15) is 5.82 Å². The predicted octanol–water partition coefficient (Wildman–Crippen LogP) is 0.0253. The topological polar surface area (TPSA) is 94.1 Å². The number of hydrogen-bond acceptors (Lipinski definition) is 5. The van der Waals surface area contributed by atoms with E-state index in [9.17, 15) is 14.0 Å². The minimum atomic E-state index is -0.515. The van der Waals surface area contributed by atoms with E-state index in [1.54, 1.807) is 18.2 Å². The van der Waals surface area contributed by atoms with E-state index in [0.717, 1.165) is 4.57 Å². The molecular weight excluding hydrogens is 329 g/mol. The van der Waals surface area contributed by atoms with E-state index in [0.29, 0.717) is 5.56 Å². The Morgan fingerprint density at radius 3 is 2.60 bits per heavy atom. The molecule has 2 aromatic heterocycles. The number of aromatic nitrogens is 4. The Morgan fingerprint density at radius 2 is 1.92 bits per heavy atom. The fraction of sp³-hybridized carbons (Fsp3) is 0.312. The van der Waals surface area contributed by atoms with Crippen molar-refractivity contribution in [2.45, 2.75) is 6.54 Å². The molecule has 8 nitrogen and oxygen atoms in total. The zero-order chi connectivity index (χ0) is 18.1. The lowest BCUT2D eigenvalue weighted by Crippen LogP contribution is -2.37. The Kier molecular flexibility index (Phi) is 4.41. The standard InChI is InChI=1S/C16H18FN5O3/c1-20-13-12(14(24)21(2)16(20)25)22(15(19-13)18-7-8-23)9-10-5-3-4-6-11(10)17/h3-6,23H,7-9H2,1-2H3,(H,18,19). The maximum Gasteiger partial charge on any atom is 0.332 e. The van der Waals surface area contributed by atoms with Gasteiger partial charge in [-0.05, 0) is 6.07 Å². The van der Waals surface area contributed by atoms with Crippen LogP contribution in [0, 0.1) is 5.82 Å². The first kappa shape index (κ1) is 16.9. The van der Waals surface area contributed by atoms with Gasteiger partial charge >= 0.3 is 5.69 Å². The first-order chi connectivity index (χ1) is 12.0. The summed E-state index contributed by atoms with van der Waals surface area (Å²) in [6.07, 6.45) is 0. The van der Waals surface area contributed by atoms with Gasteiger partial charge in [-0.2, -0.15) is 4.98 Å². The molecule has 0 aliphatic rings. The number of nitrogens with zero attached hydrogens (tertiary/aromatic N) is 4. The molecule has 9 heteroatoms. The van der Waals surface area contributed by atoms with E-state index in [1.807, 2.05) is 0 Å². The molecule has 132 valence electrons. The third-order valence-corrected chi connectivity index (χ3v) is 4.03. The molecule has 0 amide bonds. The molecular formula is C16H18FN5O3. The lowest BCUT2D eigenvalue weighted by atomic mass is 10.2. The number of aliphatic hydroxyl groups is 1. The normalized spacial score (nSPS) is 11.2. The van der Waals surface area contributed by atoms with Gasteiger partial charge in [0.05, 0.1) is 13.2 Å². The molecule has 0 saturated heterocycles. The lowest BCUT2D eigenvalue weighted by molar-refractivity contribution is 0.310. The van der Waals surface area contributed by atoms with Crippen LogP contribution in [0.2, 0.25) is 0 Å². The van der Waals surface area contributed by atoms with Crippen molar-refractivity contribution in [1.82, 2.24) is 18.7 Å². The van der Waals surface area contributed by atoms with Crippen molar-refractivity contribution in [1.29, 1.82) is 0 Å². The average molecular weight is 347 g/mol. The second kappa shape index (κ2) is 6.52. The third-order valence-electron chi connectivity index (χ3n) is 4.03. The molecule has 0 saturated carbocycles. The highest BCUT2D eigenvalue weighted by Gasteiger charge is 2.19. The zero-order valence-corrected chi connectivity index (χ0v) is 13.9. The van der Waals surface area contributed by atoms with Gasteiger partial charge in [0.15, 0.2) is 11.2 Å². The molecule has 0 radical (unpaired) electrons. The lowest BCUT2D eigenvalue weighted by Gasteiger charge is -2.11. The number of rotatable bonds is 5. The molecule has 25 heavy (non-hydrogen) atoms. The van der Waals surface area contributed by atoms with Gasteiger partial charge in [0.25, 0.3) is 5.56 Å². The smallest absolute Gasteiger partial charge is 0.332 e. The number of aliphatic hydroxyl groups excluding tert-OH is 1. The van der Waals surface area contributed by atoms with Crippen LogP contribution in [0.5, 0.6) is 0 Å². The summed E-state index contributed by atoms with van der Waals surface area (Å²) >= 11 is 0. The van der Waals surface area contributed by atoms with Crippen molar-refractivity contribution in [3.8, 4) is 0 Å². The highest BCUT2D eigenvalue weighted by atomic mass is 19.1. The molecule has 0 unspecified atom stereocenters. The summed E-state index contributed by atoms with van der Waals surface area (Å²) in [6, 6.07) is 6.23. The monoisotopic (exact) mass is 347 g/mol. The van der Waals surface area contributed by atoms with Crippen molar-refractivity contribution in [2.75, 3.05) is 18.5 Å². The van der Waals surface area contributed by atoms with Crippen molar-refractivity contribution in [3.05, 3.63) is 56.5 Å². The van der Waals surface area contributed by atoms with E-state index in [4.69, 9.17) is 5.11 Å².